The average molecular weight is 343 g/mol. The molecular weight excluding hydrogens is 324 g/mol. The molecule has 3 aromatic rings. The fourth-order valence-corrected chi connectivity index (χ4v) is 2.83. The molecule has 0 bridgehead atoms. The first-order valence-corrected chi connectivity index (χ1v) is 8.06. The van der Waals surface area contributed by atoms with Crippen LogP contribution in [0.25, 0.3) is 10.9 Å². The normalized spacial score (nSPS) is 10.8. The molecule has 24 heavy (non-hydrogen) atoms. The third kappa shape index (κ3) is 3.24. The van der Waals surface area contributed by atoms with Gasteiger partial charge in [0.15, 0.2) is 0 Å². The summed E-state index contributed by atoms with van der Waals surface area (Å²) < 4.78 is 5.31. The minimum atomic E-state index is -0.0979. The van der Waals surface area contributed by atoms with Gasteiger partial charge in [-0.25, -0.2) is 0 Å². The number of hydrogen-bond acceptors (Lipinski definition) is 3. The van der Waals surface area contributed by atoms with E-state index in [-0.39, 0.29) is 5.56 Å². The third-order valence-electron chi connectivity index (χ3n) is 4.17. The first-order valence-electron chi connectivity index (χ1n) is 7.68. The van der Waals surface area contributed by atoms with E-state index >= 15 is 0 Å². The highest BCUT2D eigenvalue weighted by molar-refractivity contribution is 6.30. The monoisotopic (exact) mass is 342 g/mol. The molecule has 0 aliphatic rings. The van der Waals surface area contributed by atoms with Crippen molar-refractivity contribution in [1.82, 2.24) is 4.98 Å². The number of ether oxygens (including phenoxy) is 1. The predicted molar refractivity (Wildman–Crippen MR) is 99.4 cm³/mol. The zero-order chi connectivity index (χ0) is 17.3. The zero-order valence-electron chi connectivity index (χ0n) is 13.9. The molecule has 0 aliphatic heterocycles. The van der Waals surface area contributed by atoms with E-state index in [9.17, 15) is 4.79 Å². The summed E-state index contributed by atoms with van der Waals surface area (Å²) in [5, 5.41) is 4.85. The van der Waals surface area contributed by atoms with Crippen LogP contribution in [-0.4, -0.2) is 12.1 Å². The minimum absolute atomic E-state index is 0.0979. The van der Waals surface area contributed by atoms with E-state index < -0.39 is 0 Å². The van der Waals surface area contributed by atoms with Crippen molar-refractivity contribution in [3.8, 4) is 5.75 Å². The lowest BCUT2D eigenvalue weighted by Gasteiger charge is -2.12. The van der Waals surface area contributed by atoms with Crippen molar-refractivity contribution >= 4 is 28.2 Å². The minimum Gasteiger partial charge on any atom is -0.495 e. The first-order chi connectivity index (χ1) is 11.5. The highest BCUT2D eigenvalue weighted by Crippen LogP contribution is 2.28. The van der Waals surface area contributed by atoms with Gasteiger partial charge in [-0.2, -0.15) is 0 Å². The Labute approximate surface area is 145 Å². The SMILES string of the molecule is COc1ccc(Cl)cc1NCc1cc2cc(C)c(C)cc2[nH]c1=O. The van der Waals surface area contributed by atoms with Crippen LogP contribution in [0.3, 0.4) is 0 Å². The standard InChI is InChI=1S/C19H19ClN2O2/c1-11-6-13-8-14(19(23)22-16(13)7-12(11)2)10-21-17-9-15(20)4-5-18(17)24-3/h4-9,21H,10H2,1-3H3,(H,22,23). The summed E-state index contributed by atoms with van der Waals surface area (Å²) in [5.74, 6) is 0.683. The molecule has 0 fully saturated rings. The van der Waals surface area contributed by atoms with Gasteiger partial charge in [-0.15, -0.1) is 0 Å². The molecule has 0 atom stereocenters. The number of aromatic nitrogens is 1. The Hall–Kier alpha value is -2.46. The maximum absolute atomic E-state index is 12.3. The summed E-state index contributed by atoms with van der Waals surface area (Å²) in [5.41, 5.74) is 4.53. The van der Waals surface area contributed by atoms with Crippen LogP contribution in [0.2, 0.25) is 5.02 Å². The van der Waals surface area contributed by atoms with E-state index in [2.05, 4.69) is 23.3 Å². The van der Waals surface area contributed by atoms with Crippen molar-refractivity contribution in [3.63, 3.8) is 0 Å². The molecule has 2 aromatic carbocycles. The molecule has 5 heteroatoms. The maximum atomic E-state index is 12.3. The number of pyridine rings is 1. The lowest BCUT2D eigenvalue weighted by molar-refractivity contribution is 0.416. The van der Waals surface area contributed by atoms with Gasteiger partial charge in [0.25, 0.3) is 5.56 Å². The fraction of sp³-hybridized carbons (Fsp3) is 0.211. The molecule has 0 saturated heterocycles. The topological polar surface area (TPSA) is 54.1 Å². The second-order valence-corrected chi connectivity index (χ2v) is 6.28. The van der Waals surface area contributed by atoms with Gasteiger partial charge in [-0.3, -0.25) is 4.79 Å². The van der Waals surface area contributed by atoms with Gasteiger partial charge in [0.05, 0.1) is 12.8 Å². The molecule has 0 aliphatic carbocycles. The molecule has 0 radical (unpaired) electrons. The number of benzene rings is 2. The molecule has 0 amide bonds. The highest BCUT2D eigenvalue weighted by atomic mass is 35.5. The predicted octanol–water partition coefficient (Wildman–Crippen LogP) is 4.42. The Morgan fingerprint density at radius 2 is 1.88 bits per heavy atom. The van der Waals surface area contributed by atoms with Crippen LogP contribution in [0.4, 0.5) is 5.69 Å². The number of aryl methyl sites for hydroxylation is 2. The Kier molecular flexibility index (Phi) is 4.49. The Morgan fingerprint density at radius 3 is 2.62 bits per heavy atom. The largest absolute Gasteiger partial charge is 0.495 e. The van der Waals surface area contributed by atoms with Crippen LogP contribution >= 0.6 is 11.6 Å². The van der Waals surface area contributed by atoms with Gasteiger partial charge in [-0.05, 0) is 66.8 Å². The number of rotatable bonds is 4. The molecule has 124 valence electrons. The number of H-pyrrole nitrogens is 1. The van der Waals surface area contributed by atoms with Crippen LogP contribution in [0, 0.1) is 13.8 Å². The smallest absolute Gasteiger partial charge is 0.253 e. The first kappa shape index (κ1) is 16.4. The summed E-state index contributed by atoms with van der Waals surface area (Å²) in [6.45, 7) is 4.48. The van der Waals surface area contributed by atoms with Crippen molar-refractivity contribution < 1.29 is 4.74 Å². The number of methoxy groups -OCH3 is 1. The van der Waals surface area contributed by atoms with Crippen molar-refractivity contribution in [2.45, 2.75) is 20.4 Å². The number of nitrogens with one attached hydrogen (secondary N) is 2. The van der Waals surface area contributed by atoms with Crippen molar-refractivity contribution in [1.29, 1.82) is 0 Å². The van der Waals surface area contributed by atoms with Gasteiger partial charge >= 0.3 is 0 Å². The summed E-state index contributed by atoms with van der Waals surface area (Å²) in [6.07, 6.45) is 0. The highest BCUT2D eigenvalue weighted by Gasteiger charge is 2.07. The Balaban J connectivity index is 1.93. The lowest BCUT2D eigenvalue weighted by atomic mass is 10.0. The van der Waals surface area contributed by atoms with Crippen molar-refractivity contribution in [2.75, 3.05) is 12.4 Å². The molecule has 0 spiro atoms. The van der Waals surface area contributed by atoms with Gasteiger partial charge < -0.3 is 15.0 Å². The Bertz CT molecular complexity index is 963. The summed E-state index contributed by atoms with van der Waals surface area (Å²) >= 11 is 6.03. The second kappa shape index (κ2) is 6.57. The van der Waals surface area contributed by atoms with Crippen LogP contribution in [-0.2, 0) is 6.54 Å². The van der Waals surface area contributed by atoms with Gasteiger partial charge in [0, 0.05) is 22.6 Å². The molecule has 4 nitrogen and oxygen atoms in total. The molecule has 0 saturated carbocycles. The van der Waals surface area contributed by atoms with Gasteiger partial charge in [-0.1, -0.05) is 11.6 Å². The van der Waals surface area contributed by atoms with E-state index in [1.807, 2.05) is 19.1 Å². The van der Waals surface area contributed by atoms with Crippen molar-refractivity contribution in [2.24, 2.45) is 0 Å². The molecule has 0 unspecified atom stereocenters. The second-order valence-electron chi connectivity index (χ2n) is 5.85. The fourth-order valence-electron chi connectivity index (χ4n) is 2.66. The van der Waals surface area contributed by atoms with E-state index in [0.717, 1.165) is 22.2 Å². The van der Waals surface area contributed by atoms with Crippen LogP contribution in [0.5, 0.6) is 5.75 Å². The van der Waals surface area contributed by atoms with E-state index in [1.54, 1.807) is 25.3 Å². The van der Waals surface area contributed by atoms with Crippen LogP contribution in [0.15, 0.2) is 41.2 Å². The number of anilines is 1. The Morgan fingerprint density at radius 1 is 1.12 bits per heavy atom. The van der Waals surface area contributed by atoms with E-state index in [1.165, 1.54) is 5.56 Å². The zero-order valence-corrected chi connectivity index (χ0v) is 14.6. The lowest BCUT2D eigenvalue weighted by Crippen LogP contribution is -2.16. The molecule has 1 heterocycles. The van der Waals surface area contributed by atoms with Crippen molar-refractivity contribution in [3.05, 3.63) is 68.5 Å². The quantitative estimate of drug-likeness (QED) is 0.738. The van der Waals surface area contributed by atoms with E-state index in [0.29, 0.717) is 22.9 Å². The van der Waals surface area contributed by atoms with E-state index in [4.69, 9.17) is 16.3 Å². The maximum Gasteiger partial charge on any atom is 0.253 e. The molecule has 1 aromatic heterocycles. The average Bonchev–Trinajstić information content (AvgIpc) is 2.55. The number of fused-ring (bicyclic) bond motifs is 1. The molecular formula is C19H19ClN2O2. The third-order valence-corrected chi connectivity index (χ3v) is 4.40. The summed E-state index contributed by atoms with van der Waals surface area (Å²) in [7, 11) is 1.60. The number of hydrogen-bond donors (Lipinski definition) is 2. The molecule has 2 N–H and O–H groups in total. The van der Waals surface area contributed by atoms with Crippen LogP contribution < -0.4 is 15.6 Å². The summed E-state index contributed by atoms with van der Waals surface area (Å²) in [4.78, 5) is 15.3. The van der Waals surface area contributed by atoms with Gasteiger partial charge in [0.1, 0.15) is 5.75 Å². The van der Waals surface area contributed by atoms with Gasteiger partial charge in [0.2, 0.25) is 0 Å². The number of aromatic amines is 1. The van der Waals surface area contributed by atoms with Crippen LogP contribution in [0.1, 0.15) is 16.7 Å². The molecule has 3 rings (SSSR count). The summed E-state index contributed by atoms with van der Waals surface area (Å²) in [6, 6.07) is 11.3. The number of halogens is 1.